The van der Waals surface area contributed by atoms with Crippen molar-refractivity contribution in [2.75, 3.05) is 26.9 Å². The maximum Gasteiger partial charge on any atom is 0.319 e. The quantitative estimate of drug-likeness (QED) is 0.782. The minimum Gasteiger partial charge on any atom is -0.331 e. The van der Waals surface area contributed by atoms with E-state index in [1.807, 2.05) is 12.1 Å². The second-order valence-corrected chi connectivity index (χ2v) is 9.57. The first kappa shape index (κ1) is 22.2. The van der Waals surface area contributed by atoms with Crippen molar-refractivity contribution in [3.63, 3.8) is 0 Å². The van der Waals surface area contributed by atoms with Crippen LogP contribution >= 0.6 is 0 Å². The molecule has 2 amide bonds. The summed E-state index contributed by atoms with van der Waals surface area (Å²) in [4.78, 5) is 15.7. The van der Waals surface area contributed by atoms with Crippen LogP contribution in [-0.2, 0) is 16.4 Å². The molecule has 0 aromatic heterocycles. The Balaban J connectivity index is 1.91. The van der Waals surface area contributed by atoms with Gasteiger partial charge in [0.25, 0.3) is 0 Å². The number of sulfonamides is 1. The SMILES string of the molecule is CN(C)C(=O)N1CC[C@H](NS(C)(=O)=O)[C@@H]1Cc1cccc(-c2cc(F)cc(F)c2)c1. The standard InChI is InChI=1S/C21H25F2N3O3S/c1-25(2)21(27)26-8-7-19(24-30(3,28)29)20(26)10-14-5-4-6-15(9-14)16-11-17(22)13-18(23)12-16/h4-6,9,11-13,19-20,24H,7-8,10H2,1-3H3/t19-,20-/m0/s1. The number of nitrogens with zero attached hydrogens (tertiary/aromatic N) is 2. The van der Waals surface area contributed by atoms with E-state index in [1.54, 1.807) is 31.1 Å². The molecule has 9 heteroatoms. The first-order valence-electron chi connectivity index (χ1n) is 9.54. The number of benzene rings is 2. The molecule has 0 bridgehead atoms. The van der Waals surface area contributed by atoms with Crippen LogP contribution in [0, 0.1) is 11.6 Å². The Morgan fingerprint density at radius 3 is 2.40 bits per heavy atom. The van der Waals surface area contributed by atoms with Crippen LogP contribution < -0.4 is 4.72 Å². The molecule has 0 unspecified atom stereocenters. The van der Waals surface area contributed by atoms with Gasteiger partial charge in [0, 0.05) is 32.7 Å². The lowest BCUT2D eigenvalue weighted by Crippen LogP contribution is -2.50. The number of amides is 2. The Morgan fingerprint density at radius 1 is 1.13 bits per heavy atom. The molecule has 1 heterocycles. The number of nitrogens with one attached hydrogen (secondary N) is 1. The van der Waals surface area contributed by atoms with E-state index in [9.17, 15) is 22.0 Å². The minimum atomic E-state index is -3.45. The monoisotopic (exact) mass is 437 g/mol. The van der Waals surface area contributed by atoms with Crippen molar-refractivity contribution >= 4 is 16.1 Å². The van der Waals surface area contributed by atoms with Crippen LogP contribution in [0.3, 0.4) is 0 Å². The molecule has 1 aliphatic heterocycles. The van der Waals surface area contributed by atoms with Gasteiger partial charge in [0.15, 0.2) is 0 Å². The lowest BCUT2D eigenvalue weighted by molar-refractivity contribution is 0.163. The zero-order valence-corrected chi connectivity index (χ0v) is 17.9. The van der Waals surface area contributed by atoms with Crippen molar-refractivity contribution in [3.05, 3.63) is 59.7 Å². The molecule has 3 rings (SSSR count). The van der Waals surface area contributed by atoms with E-state index in [4.69, 9.17) is 0 Å². The minimum absolute atomic E-state index is 0.193. The third-order valence-corrected chi connectivity index (χ3v) is 5.84. The normalized spacial score (nSPS) is 19.2. The average molecular weight is 438 g/mol. The molecule has 1 saturated heterocycles. The summed E-state index contributed by atoms with van der Waals surface area (Å²) in [5.74, 6) is -1.32. The largest absolute Gasteiger partial charge is 0.331 e. The highest BCUT2D eigenvalue weighted by atomic mass is 32.2. The van der Waals surface area contributed by atoms with Gasteiger partial charge < -0.3 is 9.80 Å². The van der Waals surface area contributed by atoms with Crippen LogP contribution in [0.4, 0.5) is 13.6 Å². The van der Waals surface area contributed by atoms with Gasteiger partial charge in [0.2, 0.25) is 10.0 Å². The summed E-state index contributed by atoms with van der Waals surface area (Å²) in [6.45, 7) is 0.434. The summed E-state index contributed by atoms with van der Waals surface area (Å²) in [6.07, 6.45) is 2.00. The van der Waals surface area contributed by atoms with Gasteiger partial charge in [-0.15, -0.1) is 0 Å². The molecule has 30 heavy (non-hydrogen) atoms. The number of likely N-dealkylation sites (tertiary alicyclic amines) is 1. The van der Waals surface area contributed by atoms with Gasteiger partial charge in [-0.3, -0.25) is 0 Å². The van der Waals surface area contributed by atoms with Crippen LogP contribution in [0.15, 0.2) is 42.5 Å². The van der Waals surface area contributed by atoms with Gasteiger partial charge in [-0.1, -0.05) is 24.3 Å². The van der Waals surface area contributed by atoms with E-state index < -0.39 is 27.7 Å². The fraction of sp³-hybridized carbons (Fsp3) is 0.381. The molecule has 2 aromatic carbocycles. The van der Waals surface area contributed by atoms with Crippen LogP contribution in [0.5, 0.6) is 0 Å². The van der Waals surface area contributed by atoms with Crippen molar-refractivity contribution in [2.45, 2.75) is 24.9 Å². The second kappa shape index (κ2) is 8.69. The Kier molecular flexibility index (Phi) is 6.42. The maximum atomic E-state index is 13.6. The second-order valence-electron chi connectivity index (χ2n) is 7.79. The smallest absolute Gasteiger partial charge is 0.319 e. The van der Waals surface area contributed by atoms with Crippen molar-refractivity contribution in [1.82, 2.24) is 14.5 Å². The molecule has 0 aliphatic carbocycles. The van der Waals surface area contributed by atoms with Gasteiger partial charge in [-0.05, 0) is 41.7 Å². The summed E-state index contributed by atoms with van der Waals surface area (Å²) in [5, 5.41) is 0. The Morgan fingerprint density at radius 2 is 1.80 bits per heavy atom. The first-order valence-corrected chi connectivity index (χ1v) is 11.4. The predicted molar refractivity (Wildman–Crippen MR) is 111 cm³/mol. The molecule has 1 N–H and O–H groups in total. The summed E-state index contributed by atoms with van der Waals surface area (Å²) in [7, 11) is -0.150. The molecule has 0 saturated carbocycles. The van der Waals surface area contributed by atoms with E-state index in [-0.39, 0.29) is 12.1 Å². The van der Waals surface area contributed by atoms with Gasteiger partial charge >= 0.3 is 6.03 Å². The lowest BCUT2D eigenvalue weighted by atomic mass is 9.97. The molecule has 1 aliphatic rings. The van der Waals surface area contributed by atoms with E-state index in [0.717, 1.165) is 17.9 Å². The number of hydrogen-bond donors (Lipinski definition) is 1. The van der Waals surface area contributed by atoms with Crippen LogP contribution in [0.25, 0.3) is 11.1 Å². The van der Waals surface area contributed by atoms with E-state index in [1.165, 1.54) is 17.0 Å². The van der Waals surface area contributed by atoms with Gasteiger partial charge in [0.1, 0.15) is 11.6 Å². The maximum absolute atomic E-state index is 13.6. The first-order chi connectivity index (χ1) is 14.0. The lowest BCUT2D eigenvalue weighted by Gasteiger charge is -2.30. The van der Waals surface area contributed by atoms with Gasteiger partial charge in [-0.25, -0.2) is 26.7 Å². The molecule has 2 aromatic rings. The molecule has 6 nitrogen and oxygen atoms in total. The molecular formula is C21H25F2N3O3S. The fourth-order valence-corrected chi connectivity index (χ4v) is 4.68. The topological polar surface area (TPSA) is 69.7 Å². The van der Waals surface area contributed by atoms with E-state index in [0.29, 0.717) is 30.5 Å². The molecule has 0 radical (unpaired) electrons. The predicted octanol–water partition coefficient (Wildman–Crippen LogP) is 2.85. The number of halogens is 2. The van der Waals surface area contributed by atoms with Crippen LogP contribution in [0.1, 0.15) is 12.0 Å². The Labute approximate surface area is 175 Å². The molecule has 2 atom stereocenters. The third-order valence-electron chi connectivity index (χ3n) is 5.11. The fourth-order valence-electron chi connectivity index (χ4n) is 3.85. The van der Waals surface area contributed by atoms with Crippen molar-refractivity contribution < 1.29 is 22.0 Å². The summed E-state index contributed by atoms with van der Waals surface area (Å²) in [5.41, 5.74) is 1.88. The molecule has 1 fully saturated rings. The summed E-state index contributed by atoms with van der Waals surface area (Å²) >= 11 is 0. The van der Waals surface area contributed by atoms with E-state index in [2.05, 4.69) is 4.72 Å². The highest BCUT2D eigenvalue weighted by Gasteiger charge is 2.39. The van der Waals surface area contributed by atoms with Gasteiger partial charge in [-0.2, -0.15) is 0 Å². The molecular weight excluding hydrogens is 412 g/mol. The Bertz CT molecular complexity index is 1020. The molecule has 162 valence electrons. The number of carbonyl (C=O) groups excluding carboxylic acids is 1. The van der Waals surface area contributed by atoms with Crippen molar-refractivity contribution in [1.29, 1.82) is 0 Å². The van der Waals surface area contributed by atoms with Crippen LogP contribution in [0.2, 0.25) is 0 Å². The summed E-state index contributed by atoms with van der Waals surface area (Å²) < 4.78 is 53.5. The van der Waals surface area contributed by atoms with Crippen molar-refractivity contribution in [3.8, 4) is 11.1 Å². The molecule has 0 spiro atoms. The number of urea groups is 1. The number of carbonyl (C=O) groups is 1. The highest BCUT2D eigenvalue weighted by molar-refractivity contribution is 7.88. The third kappa shape index (κ3) is 5.34. The number of rotatable bonds is 5. The Hall–Kier alpha value is -2.52. The zero-order valence-electron chi connectivity index (χ0n) is 17.1. The van der Waals surface area contributed by atoms with Crippen LogP contribution in [-0.4, -0.2) is 63.2 Å². The average Bonchev–Trinajstić information content (AvgIpc) is 3.01. The van der Waals surface area contributed by atoms with Gasteiger partial charge in [0.05, 0.1) is 12.3 Å². The number of hydrogen-bond acceptors (Lipinski definition) is 3. The zero-order chi connectivity index (χ0) is 22.1. The highest BCUT2D eigenvalue weighted by Crippen LogP contribution is 2.27. The van der Waals surface area contributed by atoms with E-state index >= 15 is 0 Å². The van der Waals surface area contributed by atoms with Crippen molar-refractivity contribution in [2.24, 2.45) is 0 Å². The summed E-state index contributed by atoms with van der Waals surface area (Å²) in [6, 6.07) is 9.53.